The van der Waals surface area contributed by atoms with Gasteiger partial charge >= 0.3 is 0 Å². The maximum Gasteiger partial charge on any atom is 0.279 e. The van der Waals surface area contributed by atoms with Crippen LogP contribution in [0.25, 0.3) is 11.0 Å². The van der Waals surface area contributed by atoms with E-state index in [1.807, 2.05) is 13.0 Å². The lowest BCUT2D eigenvalue weighted by molar-refractivity contribution is 0.0356. The molecule has 7 heteroatoms. The Balaban J connectivity index is 2.01. The van der Waals surface area contributed by atoms with Crippen molar-refractivity contribution in [3.05, 3.63) is 80.7 Å². The van der Waals surface area contributed by atoms with Crippen molar-refractivity contribution in [3.8, 4) is 0 Å². The van der Waals surface area contributed by atoms with Crippen molar-refractivity contribution in [2.45, 2.75) is 33.2 Å². The number of carbonyl (C=O) groups is 2. The molecule has 0 aliphatic rings. The number of nitrogens with one attached hydrogen (secondary N) is 1. The minimum atomic E-state index is -0.799. The van der Waals surface area contributed by atoms with Crippen molar-refractivity contribution in [3.63, 3.8) is 0 Å². The largest absolute Gasteiger partial charge is 0.463 e. The SMILES string of the molecule is Cc1cccc(C(=O)NN(C(=O)c2coc3ccc(Cl)cc3c2=O)C(C)(C)C)c1. The standard InChI is InChI=1S/C22H21ClN2O4/c1-13-6-5-7-14(10-13)20(27)24-25(22(2,3)4)21(28)17-12-29-18-9-8-15(23)11-16(18)19(17)26/h5-12H,1-4H3,(H,24,27). The summed E-state index contributed by atoms with van der Waals surface area (Å²) in [5.74, 6) is -1.13. The van der Waals surface area contributed by atoms with Crippen LogP contribution in [0, 0.1) is 6.92 Å². The summed E-state index contributed by atoms with van der Waals surface area (Å²) in [5.41, 5.74) is 2.76. The molecule has 3 rings (SSSR count). The number of carbonyl (C=O) groups excluding carboxylic acids is 2. The van der Waals surface area contributed by atoms with Crippen LogP contribution in [0.2, 0.25) is 5.02 Å². The molecule has 3 aromatic rings. The molecule has 29 heavy (non-hydrogen) atoms. The van der Waals surface area contributed by atoms with Gasteiger partial charge in [-0.1, -0.05) is 29.3 Å². The van der Waals surface area contributed by atoms with Crippen molar-refractivity contribution in [1.82, 2.24) is 10.4 Å². The van der Waals surface area contributed by atoms with Gasteiger partial charge in [0.15, 0.2) is 0 Å². The monoisotopic (exact) mass is 412 g/mol. The van der Waals surface area contributed by atoms with E-state index in [2.05, 4.69) is 5.43 Å². The average molecular weight is 413 g/mol. The molecule has 0 atom stereocenters. The van der Waals surface area contributed by atoms with Crippen LogP contribution < -0.4 is 10.9 Å². The predicted molar refractivity (Wildman–Crippen MR) is 112 cm³/mol. The van der Waals surface area contributed by atoms with Gasteiger partial charge in [0.2, 0.25) is 5.43 Å². The molecule has 2 amide bonds. The molecule has 0 aliphatic heterocycles. The quantitative estimate of drug-likeness (QED) is 0.635. The van der Waals surface area contributed by atoms with E-state index in [-0.39, 0.29) is 10.9 Å². The molecule has 0 saturated carbocycles. The van der Waals surface area contributed by atoms with Gasteiger partial charge in [0.25, 0.3) is 11.8 Å². The summed E-state index contributed by atoms with van der Waals surface area (Å²) in [6.07, 6.45) is 1.11. The van der Waals surface area contributed by atoms with E-state index >= 15 is 0 Å². The second-order valence-electron chi connectivity index (χ2n) is 7.74. The van der Waals surface area contributed by atoms with E-state index in [4.69, 9.17) is 16.0 Å². The Hall–Kier alpha value is -3.12. The normalized spacial score (nSPS) is 11.3. The highest BCUT2D eigenvalue weighted by atomic mass is 35.5. The highest BCUT2D eigenvalue weighted by Gasteiger charge is 2.31. The zero-order valence-electron chi connectivity index (χ0n) is 16.6. The molecule has 6 nitrogen and oxygen atoms in total. The Bertz CT molecular complexity index is 1160. The average Bonchev–Trinajstić information content (AvgIpc) is 2.65. The Kier molecular flexibility index (Phi) is 5.48. The zero-order chi connectivity index (χ0) is 21.3. The van der Waals surface area contributed by atoms with Crippen LogP contribution in [-0.4, -0.2) is 22.4 Å². The summed E-state index contributed by atoms with van der Waals surface area (Å²) in [4.78, 5) is 38.8. The first kappa shape index (κ1) is 20.6. The number of benzene rings is 2. The van der Waals surface area contributed by atoms with Crippen molar-refractivity contribution in [2.24, 2.45) is 0 Å². The van der Waals surface area contributed by atoms with Crippen molar-refractivity contribution in [2.75, 3.05) is 0 Å². The van der Waals surface area contributed by atoms with Crippen LogP contribution >= 0.6 is 11.6 Å². The van der Waals surface area contributed by atoms with E-state index in [1.54, 1.807) is 51.1 Å². The van der Waals surface area contributed by atoms with Gasteiger partial charge in [0.1, 0.15) is 17.4 Å². The van der Waals surface area contributed by atoms with E-state index in [1.165, 1.54) is 6.07 Å². The van der Waals surface area contributed by atoms with Crippen LogP contribution in [0.1, 0.15) is 47.1 Å². The second-order valence-corrected chi connectivity index (χ2v) is 8.18. The number of rotatable bonds is 2. The molecule has 0 fully saturated rings. The lowest BCUT2D eigenvalue weighted by Gasteiger charge is -2.35. The van der Waals surface area contributed by atoms with Crippen LogP contribution in [0.4, 0.5) is 0 Å². The molecular formula is C22H21ClN2O4. The summed E-state index contributed by atoms with van der Waals surface area (Å²) in [5, 5.41) is 1.69. The summed E-state index contributed by atoms with van der Waals surface area (Å²) >= 11 is 5.97. The Labute approximate surface area is 173 Å². The van der Waals surface area contributed by atoms with Crippen LogP contribution in [0.15, 0.2) is 57.9 Å². The minimum Gasteiger partial charge on any atom is -0.463 e. The van der Waals surface area contributed by atoms with E-state index in [0.29, 0.717) is 16.2 Å². The molecule has 150 valence electrons. The van der Waals surface area contributed by atoms with Crippen LogP contribution in [-0.2, 0) is 0 Å². The van der Waals surface area contributed by atoms with Gasteiger partial charge in [0.05, 0.1) is 10.9 Å². The number of fused-ring (bicyclic) bond motifs is 1. The third kappa shape index (κ3) is 4.32. The Morgan fingerprint density at radius 3 is 2.48 bits per heavy atom. The third-order valence-electron chi connectivity index (χ3n) is 4.33. The smallest absolute Gasteiger partial charge is 0.279 e. The van der Waals surface area contributed by atoms with E-state index in [9.17, 15) is 14.4 Å². The van der Waals surface area contributed by atoms with Gasteiger partial charge in [-0.05, 0) is 58.0 Å². The fourth-order valence-electron chi connectivity index (χ4n) is 2.85. The molecule has 1 heterocycles. The van der Waals surface area contributed by atoms with Crippen molar-refractivity contribution < 1.29 is 14.0 Å². The maximum atomic E-state index is 13.2. The van der Waals surface area contributed by atoms with Gasteiger partial charge in [0, 0.05) is 10.6 Å². The second kappa shape index (κ2) is 7.72. The number of hydrazine groups is 1. The molecule has 0 saturated heterocycles. The molecule has 1 aromatic heterocycles. The number of halogens is 1. The number of nitrogens with zero attached hydrogens (tertiary/aromatic N) is 1. The van der Waals surface area contributed by atoms with Gasteiger partial charge in [-0.15, -0.1) is 0 Å². The number of amides is 2. The fourth-order valence-corrected chi connectivity index (χ4v) is 3.02. The molecule has 0 radical (unpaired) electrons. The maximum absolute atomic E-state index is 13.2. The predicted octanol–water partition coefficient (Wildman–Crippen LogP) is 4.34. The van der Waals surface area contributed by atoms with E-state index < -0.39 is 22.8 Å². The summed E-state index contributed by atoms with van der Waals surface area (Å²) < 4.78 is 5.45. The first-order chi connectivity index (χ1) is 13.6. The van der Waals surface area contributed by atoms with Crippen LogP contribution in [0.3, 0.4) is 0 Å². The molecule has 0 bridgehead atoms. The van der Waals surface area contributed by atoms with Crippen molar-refractivity contribution in [1.29, 1.82) is 0 Å². The highest BCUT2D eigenvalue weighted by molar-refractivity contribution is 6.31. The lowest BCUT2D eigenvalue weighted by Crippen LogP contribution is -2.56. The van der Waals surface area contributed by atoms with Gasteiger partial charge in [-0.25, -0.2) is 5.01 Å². The van der Waals surface area contributed by atoms with E-state index in [0.717, 1.165) is 16.8 Å². The number of hydrogen-bond donors (Lipinski definition) is 1. The summed E-state index contributed by atoms with van der Waals surface area (Å²) in [6, 6.07) is 11.6. The first-order valence-electron chi connectivity index (χ1n) is 9.01. The van der Waals surface area contributed by atoms with Gasteiger partial charge in [-0.3, -0.25) is 19.8 Å². The van der Waals surface area contributed by atoms with Gasteiger partial charge < -0.3 is 4.42 Å². The topological polar surface area (TPSA) is 79.6 Å². The fraction of sp³-hybridized carbons (Fsp3) is 0.227. The molecule has 0 unspecified atom stereocenters. The molecular weight excluding hydrogens is 392 g/mol. The Morgan fingerprint density at radius 2 is 1.83 bits per heavy atom. The molecule has 0 aliphatic carbocycles. The summed E-state index contributed by atoms with van der Waals surface area (Å²) in [6.45, 7) is 7.12. The number of hydrogen-bond acceptors (Lipinski definition) is 4. The zero-order valence-corrected chi connectivity index (χ0v) is 17.3. The third-order valence-corrected chi connectivity index (χ3v) is 4.57. The number of aryl methyl sites for hydroxylation is 1. The summed E-state index contributed by atoms with van der Waals surface area (Å²) in [7, 11) is 0. The first-order valence-corrected chi connectivity index (χ1v) is 9.39. The Morgan fingerprint density at radius 1 is 1.10 bits per heavy atom. The van der Waals surface area contributed by atoms with Crippen LogP contribution in [0.5, 0.6) is 0 Å². The molecule has 1 N–H and O–H groups in total. The van der Waals surface area contributed by atoms with Crippen molar-refractivity contribution >= 4 is 34.4 Å². The van der Waals surface area contributed by atoms with Gasteiger partial charge in [-0.2, -0.15) is 0 Å². The molecule has 0 spiro atoms. The lowest BCUT2D eigenvalue weighted by atomic mass is 10.1. The molecule has 2 aromatic carbocycles. The minimum absolute atomic E-state index is 0.195. The highest BCUT2D eigenvalue weighted by Crippen LogP contribution is 2.19.